The third-order valence-corrected chi connectivity index (χ3v) is 2.36. The molecule has 1 aliphatic heterocycles. The van der Waals surface area contributed by atoms with Gasteiger partial charge in [0.15, 0.2) is 0 Å². The minimum Gasteiger partial charge on any atom is -0.497 e. The Morgan fingerprint density at radius 3 is 3.07 bits per heavy atom. The quantitative estimate of drug-likeness (QED) is 0.501. The number of rotatable bonds is 1. The maximum atomic E-state index is 5.39. The second-order valence-corrected chi connectivity index (χ2v) is 3.15. The zero-order valence-corrected chi connectivity index (χ0v) is 8.08. The minimum absolute atomic E-state index is 0.741. The van der Waals surface area contributed by atoms with Gasteiger partial charge in [-0.1, -0.05) is 6.07 Å². The maximum absolute atomic E-state index is 5.39. The highest BCUT2D eigenvalue weighted by Crippen LogP contribution is 2.20. The fourth-order valence-corrected chi connectivity index (χ4v) is 1.62. The van der Waals surface area contributed by atoms with Gasteiger partial charge in [-0.2, -0.15) is 0 Å². The second kappa shape index (κ2) is 3.67. The molecule has 0 saturated carbocycles. The van der Waals surface area contributed by atoms with Gasteiger partial charge in [0, 0.05) is 12.1 Å². The molecule has 0 fully saturated rings. The lowest BCUT2D eigenvalue weighted by molar-refractivity contribution is 0.414. The number of benzene rings is 1. The Hall–Kier alpha value is -1.55. The Kier molecular flexibility index (Phi) is 2.37. The van der Waals surface area contributed by atoms with Crippen LogP contribution in [0.1, 0.15) is 11.1 Å². The van der Waals surface area contributed by atoms with Crippen molar-refractivity contribution < 1.29 is 4.74 Å². The van der Waals surface area contributed by atoms with Crippen molar-refractivity contribution in [2.24, 2.45) is 10.8 Å². The Labute approximate surface area is 82.8 Å². The molecule has 0 bridgehead atoms. The topological polar surface area (TPSA) is 59.6 Å². The highest BCUT2D eigenvalue weighted by molar-refractivity contribution is 6.00. The predicted molar refractivity (Wildman–Crippen MR) is 55.4 cm³/mol. The van der Waals surface area contributed by atoms with E-state index in [-0.39, 0.29) is 0 Å². The zero-order valence-electron chi connectivity index (χ0n) is 8.08. The number of amidine groups is 1. The third-order valence-electron chi connectivity index (χ3n) is 2.36. The number of ether oxygens (including phenoxy) is 1. The molecule has 14 heavy (non-hydrogen) atoms. The molecule has 0 spiro atoms. The van der Waals surface area contributed by atoms with Crippen LogP contribution >= 0.6 is 0 Å². The first kappa shape index (κ1) is 9.02. The van der Waals surface area contributed by atoms with Crippen LogP contribution in [-0.4, -0.2) is 19.5 Å². The molecular formula is C10H13N3O. The zero-order chi connectivity index (χ0) is 9.97. The number of methoxy groups -OCH3 is 1. The van der Waals surface area contributed by atoms with E-state index in [1.807, 2.05) is 12.1 Å². The van der Waals surface area contributed by atoms with E-state index < -0.39 is 0 Å². The van der Waals surface area contributed by atoms with Crippen molar-refractivity contribution in [3.63, 3.8) is 0 Å². The molecule has 0 unspecified atom stereocenters. The number of nitrogens with one attached hydrogen (secondary N) is 1. The largest absolute Gasteiger partial charge is 0.497 e. The molecular weight excluding hydrogens is 178 g/mol. The number of nitrogens with two attached hydrogens (primary N) is 1. The van der Waals surface area contributed by atoms with Crippen LogP contribution in [0.15, 0.2) is 23.2 Å². The van der Waals surface area contributed by atoms with E-state index in [4.69, 9.17) is 10.6 Å². The van der Waals surface area contributed by atoms with Gasteiger partial charge in [-0.3, -0.25) is 4.99 Å². The molecule has 1 aromatic rings. The first-order chi connectivity index (χ1) is 6.85. The Bertz CT molecular complexity index is 374. The number of hydrogen-bond acceptors (Lipinski definition) is 4. The van der Waals surface area contributed by atoms with Gasteiger partial charge < -0.3 is 10.2 Å². The molecule has 0 aromatic heterocycles. The summed E-state index contributed by atoms with van der Waals surface area (Å²) in [6.07, 6.45) is 0.963. The van der Waals surface area contributed by atoms with Crippen LogP contribution in [0.2, 0.25) is 0 Å². The molecule has 0 radical (unpaired) electrons. The normalized spacial score (nSPS) is 14.3. The lowest BCUT2D eigenvalue weighted by Gasteiger charge is -2.16. The standard InChI is InChI=1S/C10H13N3O/c1-14-8-3-2-7-4-5-12-10(13-11)9(7)6-8/h2-3,6H,4-5,11H2,1H3,(H,12,13). The van der Waals surface area contributed by atoms with E-state index >= 15 is 0 Å². The van der Waals surface area contributed by atoms with Crippen molar-refractivity contribution >= 4 is 5.84 Å². The molecule has 3 N–H and O–H groups in total. The van der Waals surface area contributed by atoms with Gasteiger partial charge in [0.05, 0.1) is 7.11 Å². The summed E-state index contributed by atoms with van der Waals surface area (Å²) in [4.78, 5) is 4.29. The summed E-state index contributed by atoms with van der Waals surface area (Å²) in [6.45, 7) is 0.791. The van der Waals surface area contributed by atoms with E-state index in [0.717, 1.165) is 30.1 Å². The summed E-state index contributed by atoms with van der Waals surface area (Å²) >= 11 is 0. The number of aliphatic imine (C=N–C) groups is 1. The van der Waals surface area contributed by atoms with Gasteiger partial charge >= 0.3 is 0 Å². The van der Waals surface area contributed by atoms with Crippen LogP contribution in [0.4, 0.5) is 0 Å². The maximum Gasteiger partial charge on any atom is 0.142 e. The van der Waals surface area contributed by atoms with Crippen molar-refractivity contribution in [3.05, 3.63) is 29.3 Å². The van der Waals surface area contributed by atoms with Crippen LogP contribution in [0.25, 0.3) is 0 Å². The molecule has 2 rings (SSSR count). The van der Waals surface area contributed by atoms with Crippen molar-refractivity contribution in [2.45, 2.75) is 6.42 Å². The van der Waals surface area contributed by atoms with Crippen LogP contribution in [0.3, 0.4) is 0 Å². The van der Waals surface area contributed by atoms with Gasteiger partial charge in [0.25, 0.3) is 0 Å². The Morgan fingerprint density at radius 1 is 1.50 bits per heavy atom. The molecule has 0 saturated heterocycles. The SMILES string of the molecule is COc1ccc2c(c1)C(NN)=NCC2. The van der Waals surface area contributed by atoms with E-state index in [9.17, 15) is 0 Å². The summed E-state index contributed by atoms with van der Waals surface area (Å²) in [5.74, 6) is 6.96. The molecule has 1 heterocycles. The molecule has 4 heteroatoms. The van der Waals surface area contributed by atoms with E-state index in [1.54, 1.807) is 7.11 Å². The van der Waals surface area contributed by atoms with Crippen molar-refractivity contribution in [1.29, 1.82) is 0 Å². The van der Waals surface area contributed by atoms with E-state index in [1.165, 1.54) is 5.56 Å². The van der Waals surface area contributed by atoms with Crippen molar-refractivity contribution in [3.8, 4) is 5.75 Å². The van der Waals surface area contributed by atoms with Gasteiger partial charge in [0.2, 0.25) is 0 Å². The molecule has 4 nitrogen and oxygen atoms in total. The fourth-order valence-electron chi connectivity index (χ4n) is 1.62. The highest BCUT2D eigenvalue weighted by atomic mass is 16.5. The highest BCUT2D eigenvalue weighted by Gasteiger charge is 2.13. The smallest absolute Gasteiger partial charge is 0.142 e. The van der Waals surface area contributed by atoms with Crippen LogP contribution in [-0.2, 0) is 6.42 Å². The third kappa shape index (κ3) is 1.44. The van der Waals surface area contributed by atoms with Gasteiger partial charge in [0.1, 0.15) is 11.6 Å². The lowest BCUT2D eigenvalue weighted by atomic mass is 10.0. The van der Waals surface area contributed by atoms with Crippen LogP contribution in [0.5, 0.6) is 5.75 Å². The molecule has 0 atom stereocenters. The van der Waals surface area contributed by atoms with Gasteiger partial charge in [-0.25, -0.2) is 5.84 Å². The monoisotopic (exact) mass is 191 g/mol. The van der Waals surface area contributed by atoms with Crippen LogP contribution < -0.4 is 16.0 Å². The minimum atomic E-state index is 0.741. The fraction of sp³-hybridized carbons (Fsp3) is 0.300. The van der Waals surface area contributed by atoms with Crippen molar-refractivity contribution in [2.75, 3.05) is 13.7 Å². The summed E-state index contributed by atoms with van der Waals surface area (Å²) in [7, 11) is 1.65. The summed E-state index contributed by atoms with van der Waals surface area (Å²) < 4.78 is 5.15. The first-order valence-corrected chi connectivity index (χ1v) is 4.53. The predicted octanol–water partition coefficient (Wildman–Crippen LogP) is 0.461. The van der Waals surface area contributed by atoms with E-state index in [0.29, 0.717) is 0 Å². The second-order valence-electron chi connectivity index (χ2n) is 3.15. The number of nitrogens with zero attached hydrogens (tertiary/aromatic N) is 1. The molecule has 0 amide bonds. The van der Waals surface area contributed by atoms with Crippen LogP contribution in [0, 0.1) is 0 Å². The first-order valence-electron chi connectivity index (χ1n) is 4.53. The lowest BCUT2D eigenvalue weighted by Crippen LogP contribution is -2.34. The average Bonchev–Trinajstić information content (AvgIpc) is 2.27. The Balaban J connectivity index is 2.46. The van der Waals surface area contributed by atoms with Gasteiger partial charge in [-0.05, 0) is 24.1 Å². The van der Waals surface area contributed by atoms with Crippen molar-refractivity contribution in [1.82, 2.24) is 5.43 Å². The number of hydrazine groups is 1. The summed E-state index contributed by atoms with van der Waals surface area (Å²) in [6, 6.07) is 5.96. The average molecular weight is 191 g/mol. The summed E-state index contributed by atoms with van der Waals surface area (Å²) in [5, 5.41) is 0. The van der Waals surface area contributed by atoms with E-state index in [2.05, 4.69) is 16.5 Å². The Morgan fingerprint density at radius 2 is 2.36 bits per heavy atom. The number of hydrogen-bond donors (Lipinski definition) is 2. The summed E-state index contributed by atoms with van der Waals surface area (Å²) in [5.41, 5.74) is 4.90. The van der Waals surface area contributed by atoms with Gasteiger partial charge in [-0.15, -0.1) is 0 Å². The molecule has 1 aromatic carbocycles. The molecule has 0 aliphatic carbocycles. The molecule has 1 aliphatic rings. The number of fused-ring (bicyclic) bond motifs is 1. The molecule has 74 valence electrons.